The fourth-order valence-corrected chi connectivity index (χ4v) is 2.11. The standard InChI is InChI=1S/C15H23FN2O2/c1-4-5-6-18(9-15(17)20)14-7-10(2)13(16)8-12(14)11(3)19/h7-8,11,19H,4-6,9H2,1-3H3,(H2,17,20)/t11-/m0/s1. The van der Waals surface area contributed by atoms with Crippen LogP contribution in [0, 0.1) is 12.7 Å². The Hall–Kier alpha value is -1.62. The second-order valence-electron chi connectivity index (χ2n) is 5.08. The van der Waals surface area contributed by atoms with Gasteiger partial charge in [-0.25, -0.2) is 4.39 Å². The van der Waals surface area contributed by atoms with Crippen molar-refractivity contribution >= 4 is 11.6 Å². The van der Waals surface area contributed by atoms with E-state index in [0.29, 0.717) is 23.4 Å². The SMILES string of the molecule is CCCCN(CC(N)=O)c1cc(C)c(F)cc1[C@H](C)O. The first-order chi connectivity index (χ1) is 9.36. The van der Waals surface area contributed by atoms with Gasteiger partial charge in [-0.1, -0.05) is 13.3 Å². The first-order valence-electron chi connectivity index (χ1n) is 6.88. The van der Waals surface area contributed by atoms with E-state index in [1.54, 1.807) is 24.8 Å². The van der Waals surface area contributed by atoms with Crippen molar-refractivity contribution in [1.29, 1.82) is 0 Å². The summed E-state index contributed by atoms with van der Waals surface area (Å²) in [6.45, 7) is 5.99. The summed E-state index contributed by atoms with van der Waals surface area (Å²) in [5.74, 6) is -0.807. The highest BCUT2D eigenvalue weighted by atomic mass is 19.1. The Balaban J connectivity index is 3.22. The number of aliphatic hydroxyl groups is 1. The molecule has 0 aromatic heterocycles. The molecule has 112 valence electrons. The first-order valence-corrected chi connectivity index (χ1v) is 6.88. The molecule has 20 heavy (non-hydrogen) atoms. The van der Waals surface area contributed by atoms with Gasteiger partial charge in [0.2, 0.25) is 5.91 Å². The molecular weight excluding hydrogens is 259 g/mol. The largest absolute Gasteiger partial charge is 0.389 e. The molecular formula is C15H23FN2O2. The van der Waals surface area contributed by atoms with E-state index < -0.39 is 12.0 Å². The van der Waals surface area contributed by atoms with Crippen LogP contribution in [0.15, 0.2) is 12.1 Å². The molecule has 0 aliphatic rings. The van der Waals surface area contributed by atoms with Gasteiger partial charge in [0.05, 0.1) is 12.6 Å². The maximum atomic E-state index is 13.7. The summed E-state index contributed by atoms with van der Waals surface area (Å²) in [6.07, 6.45) is 1.06. The van der Waals surface area contributed by atoms with E-state index in [2.05, 4.69) is 0 Å². The van der Waals surface area contributed by atoms with Crippen molar-refractivity contribution in [2.45, 2.75) is 39.7 Å². The molecule has 0 unspecified atom stereocenters. The van der Waals surface area contributed by atoms with Crippen molar-refractivity contribution in [3.05, 3.63) is 29.1 Å². The van der Waals surface area contributed by atoms with Crippen LogP contribution in [0.3, 0.4) is 0 Å². The number of unbranched alkanes of at least 4 members (excludes halogenated alkanes) is 1. The zero-order chi connectivity index (χ0) is 15.3. The fourth-order valence-electron chi connectivity index (χ4n) is 2.11. The van der Waals surface area contributed by atoms with Crippen molar-refractivity contribution in [2.24, 2.45) is 5.73 Å². The number of benzene rings is 1. The van der Waals surface area contributed by atoms with Crippen molar-refractivity contribution < 1.29 is 14.3 Å². The molecule has 0 radical (unpaired) electrons. The predicted molar refractivity (Wildman–Crippen MR) is 78.1 cm³/mol. The van der Waals surface area contributed by atoms with Crippen LogP contribution in [0.5, 0.6) is 0 Å². The number of carbonyl (C=O) groups is 1. The van der Waals surface area contributed by atoms with Gasteiger partial charge in [-0.3, -0.25) is 4.79 Å². The molecule has 0 fully saturated rings. The monoisotopic (exact) mass is 282 g/mol. The molecule has 1 amide bonds. The molecule has 4 nitrogen and oxygen atoms in total. The number of hydrogen-bond acceptors (Lipinski definition) is 3. The summed E-state index contributed by atoms with van der Waals surface area (Å²) in [6, 6.07) is 2.99. The lowest BCUT2D eigenvalue weighted by atomic mass is 10.0. The predicted octanol–water partition coefficient (Wildman–Crippen LogP) is 2.28. The highest BCUT2D eigenvalue weighted by Crippen LogP contribution is 2.29. The smallest absolute Gasteiger partial charge is 0.236 e. The van der Waals surface area contributed by atoms with Crippen molar-refractivity contribution in [1.82, 2.24) is 0 Å². The third-order valence-corrected chi connectivity index (χ3v) is 3.23. The summed E-state index contributed by atoms with van der Waals surface area (Å²) in [7, 11) is 0. The van der Waals surface area contributed by atoms with Crippen LogP contribution in [0.1, 0.15) is 43.9 Å². The normalized spacial score (nSPS) is 12.2. The third-order valence-electron chi connectivity index (χ3n) is 3.23. The van der Waals surface area contributed by atoms with Gasteiger partial charge < -0.3 is 15.7 Å². The number of halogens is 1. The minimum absolute atomic E-state index is 0.0603. The lowest BCUT2D eigenvalue weighted by Gasteiger charge is -2.27. The van der Waals surface area contributed by atoms with Gasteiger partial charge in [0.1, 0.15) is 5.82 Å². The maximum Gasteiger partial charge on any atom is 0.236 e. The topological polar surface area (TPSA) is 66.6 Å². The number of nitrogens with zero attached hydrogens (tertiary/aromatic N) is 1. The summed E-state index contributed by atoms with van der Waals surface area (Å²) in [4.78, 5) is 13.0. The lowest BCUT2D eigenvalue weighted by Crippen LogP contribution is -2.35. The average Bonchev–Trinajstić information content (AvgIpc) is 2.36. The van der Waals surface area contributed by atoms with Gasteiger partial charge in [-0.2, -0.15) is 0 Å². The number of nitrogens with two attached hydrogens (primary N) is 1. The van der Waals surface area contributed by atoms with Crippen molar-refractivity contribution in [3.8, 4) is 0 Å². The van der Waals surface area contributed by atoms with Crippen LogP contribution in [-0.4, -0.2) is 24.1 Å². The molecule has 1 aromatic rings. The number of aliphatic hydroxyl groups excluding tert-OH is 1. The van der Waals surface area contributed by atoms with E-state index >= 15 is 0 Å². The molecule has 0 aliphatic carbocycles. The summed E-state index contributed by atoms with van der Waals surface area (Å²) >= 11 is 0. The van der Waals surface area contributed by atoms with E-state index in [0.717, 1.165) is 12.8 Å². The Bertz CT molecular complexity index is 475. The van der Waals surface area contributed by atoms with Gasteiger partial charge in [0.25, 0.3) is 0 Å². The van der Waals surface area contributed by atoms with Crippen LogP contribution in [0.25, 0.3) is 0 Å². The van der Waals surface area contributed by atoms with Crippen molar-refractivity contribution in [3.63, 3.8) is 0 Å². The van der Waals surface area contributed by atoms with E-state index in [9.17, 15) is 14.3 Å². The fraction of sp³-hybridized carbons (Fsp3) is 0.533. The Morgan fingerprint density at radius 3 is 2.65 bits per heavy atom. The van der Waals surface area contributed by atoms with Gasteiger partial charge in [0, 0.05) is 17.8 Å². The molecule has 1 aromatic carbocycles. The second-order valence-corrected chi connectivity index (χ2v) is 5.08. The van der Waals surface area contributed by atoms with E-state index in [-0.39, 0.29) is 12.4 Å². The second kappa shape index (κ2) is 7.24. The number of hydrogen-bond donors (Lipinski definition) is 2. The van der Waals surface area contributed by atoms with Gasteiger partial charge >= 0.3 is 0 Å². The number of anilines is 1. The highest BCUT2D eigenvalue weighted by Gasteiger charge is 2.18. The van der Waals surface area contributed by atoms with Crippen LogP contribution < -0.4 is 10.6 Å². The molecule has 1 rings (SSSR count). The Kier molecular flexibility index (Phi) is 5.95. The maximum absolute atomic E-state index is 13.7. The highest BCUT2D eigenvalue weighted by molar-refractivity contribution is 5.80. The zero-order valence-corrected chi connectivity index (χ0v) is 12.3. The quantitative estimate of drug-likeness (QED) is 0.806. The van der Waals surface area contributed by atoms with Gasteiger partial charge in [0.15, 0.2) is 0 Å². The molecule has 0 heterocycles. The van der Waals surface area contributed by atoms with E-state index in [1.807, 2.05) is 6.92 Å². The van der Waals surface area contributed by atoms with Crippen LogP contribution >= 0.6 is 0 Å². The van der Waals surface area contributed by atoms with E-state index in [1.165, 1.54) is 6.07 Å². The number of carbonyl (C=O) groups excluding carboxylic acids is 1. The number of amides is 1. The average molecular weight is 282 g/mol. The Labute approximate surface area is 119 Å². The minimum Gasteiger partial charge on any atom is -0.389 e. The molecule has 0 spiro atoms. The molecule has 0 saturated carbocycles. The van der Waals surface area contributed by atoms with Crippen LogP contribution in [-0.2, 0) is 4.79 Å². The molecule has 5 heteroatoms. The molecule has 3 N–H and O–H groups in total. The lowest BCUT2D eigenvalue weighted by molar-refractivity contribution is -0.116. The van der Waals surface area contributed by atoms with Crippen molar-refractivity contribution in [2.75, 3.05) is 18.0 Å². The van der Waals surface area contributed by atoms with Crippen LogP contribution in [0.4, 0.5) is 10.1 Å². The molecule has 0 aliphatic heterocycles. The minimum atomic E-state index is -0.808. The van der Waals surface area contributed by atoms with Gasteiger partial charge in [-0.15, -0.1) is 0 Å². The van der Waals surface area contributed by atoms with Crippen LogP contribution in [0.2, 0.25) is 0 Å². The molecule has 0 saturated heterocycles. The Morgan fingerprint density at radius 2 is 2.15 bits per heavy atom. The summed E-state index contributed by atoms with van der Waals surface area (Å²) in [5.41, 5.74) is 6.91. The third kappa shape index (κ3) is 4.20. The summed E-state index contributed by atoms with van der Waals surface area (Å²) in [5, 5.41) is 9.82. The van der Waals surface area contributed by atoms with Gasteiger partial charge in [-0.05, 0) is 38.0 Å². The molecule has 0 bridgehead atoms. The Morgan fingerprint density at radius 1 is 1.50 bits per heavy atom. The number of rotatable bonds is 7. The molecule has 1 atom stereocenters. The summed E-state index contributed by atoms with van der Waals surface area (Å²) < 4.78 is 13.7. The zero-order valence-electron chi connectivity index (χ0n) is 12.3. The van der Waals surface area contributed by atoms with E-state index in [4.69, 9.17) is 5.73 Å². The number of aryl methyl sites for hydroxylation is 1. The first kappa shape index (κ1) is 16.4. The number of primary amides is 1.